The first-order valence-corrected chi connectivity index (χ1v) is 6.21. The van der Waals surface area contributed by atoms with Crippen LogP contribution < -0.4 is 0 Å². The van der Waals surface area contributed by atoms with E-state index < -0.39 is 5.60 Å². The van der Waals surface area contributed by atoms with Crippen LogP contribution >= 0.6 is 0 Å². The molecule has 0 saturated heterocycles. The quantitative estimate of drug-likeness (QED) is 0.800. The molecule has 90 valence electrons. The van der Waals surface area contributed by atoms with Crippen molar-refractivity contribution in [2.24, 2.45) is 0 Å². The van der Waals surface area contributed by atoms with Crippen molar-refractivity contribution in [3.63, 3.8) is 0 Å². The smallest absolute Gasteiger partial charge is 0.109 e. The van der Waals surface area contributed by atoms with Gasteiger partial charge in [0, 0.05) is 0 Å². The Morgan fingerprint density at radius 2 is 1.50 bits per heavy atom. The van der Waals surface area contributed by atoms with Gasteiger partial charge in [0.25, 0.3) is 0 Å². The molecule has 0 aromatic heterocycles. The van der Waals surface area contributed by atoms with Crippen molar-refractivity contribution < 1.29 is 5.11 Å². The van der Waals surface area contributed by atoms with Crippen LogP contribution in [0.3, 0.4) is 0 Å². The third-order valence-corrected chi connectivity index (χ3v) is 3.89. The Hall–Kier alpha value is -1.86. The SMILES string of the molecule is CC1=C(c2ccccc2)c2ccccc2C1(C)O. The summed E-state index contributed by atoms with van der Waals surface area (Å²) < 4.78 is 0. The van der Waals surface area contributed by atoms with Gasteiger partial charge in [-0.1, -0.05) is 54.6 Å². The highest BCUT2D eigenvalue weighted by Crippen LogP contribution is 2.46. The molecule has 1 aliphatic rings. The van der Waals surface area contributed by atoms with E-state index in [0.29, 0.717) is 0 Å². The van der Waals surface area contributed by atoms with Crippen molar-refractivity contribution in [1.82, 2.24) is 0 Å². The zero-order chi connectivity index (χ0) is 12.8. The van der Waals surface area contributed by atoms with Gasteiger partial charge < -0.3 is 5.11 Å². The van der Waals surface area contributed by atoms with Crippen LogP contribution in [0, 0.1) is 0 Å². The Kier molecular flexibility index (Phi) is 2.39. The van der Waals surface area contributed by atoms with Gasteiger partial charge in [-0.15, -0.1) is 0 Å². The van der Waals surface area contributed by atoms with Gasteiger partial charge in [0.05, 0.1) is 0 Å². The van der Waals surface area contributed by atoms with E-state index in [0.717, 1.165) is 22.3 Å². The van der Waals surface area contributed by atoms with Crippen molar-refractivity contribution in [3.05, 3.63) is 76.9 Å². The number of hydrogen-bond acceptors (Lipinski definition) is 1. The lowest BCUT2D eigenvalue weighted by atomic mass is 9.93. The highest BCUT2D eigenvalue weighted by Gasteiger charge is 2.37. The lowest BCUT2D eigenvalue weighted by Crippen LogP contribution is -2.19. The fraction of sp³-hybridized carbons (Fsp3) is 0.176. The summed E-state index contributed by atoms with van der Waals surface area (Å²) in [5.74, 6) is 0. The molecule has 0 amide bonds. The lowest BCUT2D eigenvalue weighted by Gasteiger charge is -2.20. The molecule has 1 aliphatic carbocycles. The minimum atomic E-state index is -0.859. The standard InChI is InChI=1S/C17H16O/c1-12-16(13-8-4-3-5-9-13)14-10-6-7-11-15(14)17(12,2)18/h3-11,18H,1-2H3. The largest absolute Gasteiger partial charge is 0.381 e. The van der Waals surface area contributed by atoms with Crippen LogP contribution in [0.5, 0.6) is 0 Å². The van der Waals surface area contributed by atoms with Gasteiger partial charge in [0.2, 0.25) is 0 Å². The molecule has 0 radical (unpaired) electrons. The van der Waals surface area contributed by atoms with Gasteiger partial charge in [-0.2, -0.15) is 0 Å². The zero-order valence-electron chi connectivity index (χ0n) is 10.6. The molecule has 1 N–H and O–H groups in total. The average Bonchev–Trinajstić information content (AvgIpc) is 2.60. The summed E-state index contributed by atoms with van der Waals surface area (Å²) in [6.45, 7) is 3.89. The van der Waals surface area contributed by atoms with Crippen molar-refractivity contribution in [1.29, 1.82) is 0 Å². The van der Waals surface area contributed by atoms with E-state index in [4.69, 9.17) is 0 Å². The number of aliphatic hydroxyl groups is 1. The van der Waals surface area contributed by atoms with E-state index >= 15 is 0 Å². The summed E-state index contributed by atoms with van der Waals surface area (Å²) >= 11 is 0. The molecule has 3 rings (SSSR count). The molecule has 1 nitrogen and oxygen atoms in total. The molecule has 0 bridgehead atoms. The molecule has 1 heteroatoms. The fourth-order valence-corrected chi connectivity index (χ4v) is 2.75. The molecule has 0 fully saturated rings. The Labute approximate surface area is 107 Å². The van der Waals surface area contributed by atoms with Gasteiger partial charge in [-0.05, 0) is 41.7 Å². The van der Waals surface area contributed by atoms with Crippen molar-refractivity contribution >= 4 is 5.57 Å². The number of fused-ring (bicyclic) bond motifs is 1. The molecule has 2 aromatic carbocycles. The molecule has 0 saturated carbocycles. The van der Waals surface area contributed by atoms with Crippen LogP contribution in [-0.2, 0) is 5.60 Å². The Morgan fingerprint density at radius 1 is 0.889 bits per heavy atom. The number of hydrogen-bond donors (Lipinski definition) is 1. The van der Waals surface area contributed by atoms with E-state index in [2.05, 4.69) is 18.2 Å². The summed E-state index contributed by atoms with van der Waals surface area (Å²) in [6.07, 6.45) is 0. The Bertz CT molecular complexity index is 621. The lowest BCUT2D eigenvalue weighted by molar-refractivity contribution is 0.102. The maximum atomic E-state index is 10.7. The van der Waals surface area contributed by atoms with Crippen LogP contribution in [0.1, 0.15) is 30.5 Å². The third kappa shape index (κ3) is 1.44. The van der Waals surface area contributed by atoms with E-state index in [1.807, 2.05) is 50.2 Å². The van der Waals surface area contributed by atoms with E-state index in [1.54, 1.807) is 0 Å². The second-order valence-corrected chi connectivity index (χ2v) is 4.98. The van der Waals surface area contributed by atoms with Gasteiger partial charge in [-0.3, -0.25) is 0 Å². The van der Waals surface area contributed by atoms with E-state index in [9.17, 15) is 5.11 Å². The molecule has 1 atom stereocenters. The van der Waals surface area contributed by atoms with Crippen molar-refractivity contribution in [2.45, 2.75) is 19.4 Å². The second-order valence-electron chi connectivity index (χ2n) is 4.98. The van der Waals surface area contributed by atoms with Gasteiger partial charge in [0.1, 0.15) is 5.60 Å². The van der Waals surface area contributed by atoms with Crippen molar-refractivity contribution in [3.8, 4) is 0 Å². The Balaban J connectivity index is 2.30. The molecular formula is C17H16O. The predicted octanol–water partition coefficient (Wildman–Crippen LogP) is 3.73. The molecular weight excluding hydrogens is 220 g/mol. The molecule has 1 unspecified atom stereocenters. The Morgan fingerprint density at radius 3 is 2.22 bits per heavy atom. The monoisotopic (exact) mass is 236 g/mol. The first-order chi connectivity index (χ1) is 8.62. The highest BCUT2D eigenvalue weighted by molar-refractivity contribution is 5.88. The predicted molar refractivity (Wildman–Crippen MR) is 74.2 cm³/mol. The molecule has 2 aromatic rings. The van der Waals surface area contributed by atoms with Crippen LogP contribution in [0.4, 0.5) is 0 Å². The summed E-state index contributed by atoms with van der Waals surface area (Å²) in [4.78, 5) is 0. The molecule has 0 heterocycles. The van der Waals surface area contributed by atoms with E-state index in [1.165, 1.54) is 5.56 Å². The minimum absolute atomic E-state index is 0.859. The van der Waals surface area contributed by atoms with Crippen LogP contribution in [-0.4, -0.2) is 5.11 Å². The van der Waals surface area contributed by atoms with Crippen LogP contribution in [0.2, 0.25) is 0 Å². The first kappa shape index (κ1) is 11.2. The normalized spacial score (nSPS) is 22.2. The van der Waals surface area contributed by atoms with Crippen molar-refractivity contribution in [2.75, 3.05) is 0 Å². The minimum Gasteiger partial charge on any atom is -0.381 e. The van der Waals surface area contributed by atoms with Crippen LogP contribution in [0.25, 0.3) is 5.57 Å². The number of benzene rings is 2. The third-order valence-electron chi connectivity index (χ3n) is 3.89. The average molecular weight is 236 g/mol. The maximum Gasteiger partial charge on any atom is 0.109 e. The molecule has 18 heavy (non-hydrogen) atoms. The van der Waals surface area contributed by atoms with Gasteiger partial charge in [0.15, 0.2) is 0 Å². The maximum absolute atomic E-state index is 10.7. The summed E-state index contributed by atoms with van der Waals surface area (Å²) in [7, 11) is 0. The summed E-state index contributed by atoms with van der Waals surface area (Å²) in [6, 6.07) is 18.4. The fourth-order valence-electron chi connectivity index (χ4n) is 2.75. The topological polar surface area (TPSA) is 20.2 Å². The molecule has 0 spiro atoms. The zero-order valence-corrected chi connectivity index (χ0v) is 10.6. The first-order valence-electron chi connectivity index (χ1n) is 6.21. The second kappa shape index (κ2) is 3.82. The van der Waals surface area contributed by atoms with Gasteiger partial charge in [-0.25, -0.2) is 0 Å². The van der Waals surface area contributed by atoms with E-state index in [-0.39, 0.29) is 0 Å². The van der Waals surface area contributed by atoms with Gasteiger partial charge >= 0.3 is 0 Å². The summed E-state index contributed by atoms with van der Waals surface area (Å²) in [5, 5.41) is 10.7. The van der Waals surface area contributed by atoms with Crippen LogP contribution in [0.15, 0.2) is 60.2 Å². The number of rotatable bonds is 1. The highest BCUT2D eigenvalue weighted by atomic mass is 16.3. The molecule has 0 aliphatic heterocycles. The summed E-state index contributed by atoms with van der Waals surface area (Å²) in [5.41, 5.74) is 4.64.